The van der Waals surface area contributed by atoms with Gasteiger partial charge in [-0.3, -0.25) is 4.79 Å². The van der Waals surface area contributed by atoms with E-state index in [4.69, 9.17) is 16.7 Å². The summed E-state index contributed by atoms with van der Waals surface area (Å²) in [5.41, 5.74) is 0.509. The monoisotopic (exact) mass is 241 g/mol. The van der Waals surface area contributed by atoms with Crippen LogP contribution in [0.1, 0.15) is 24.2 Å². The minimum Gasteiger partial charge on any atom is -0.395 e. The predicted molar refractivity (Wildman–Crippen MR) is 64.9 cm³/mol. The molecule has 0 aliphatic rings. The summed E-state index contributed by atoms with van der Waals surface area (Å²) in [4.78, 5) is 12.0. The number of nitrogens with one attached hydrogen (secondary N) is 1. The normalized spacial score (nSPS) is 14.5. The van der Waals surface area contributed by atoms with Crippen molar-refractivity contribution in [3.05, 3.63) is 34.9 Å². The van der Waals surface area contributed by atoms with Crippen LogP contribution in [-0.4, -0.2) is 29.6 Å². The number of hydrogen-bond acceptors (Lipinski definition) is 3. The van der Waals surface area contributed by atoms with Crippen molar-refractivity contribution in [2.24, 2.45) is 0 Å². The lowest BCUT2D eigenvalue weighted by Crippen LogP contribution is -2.41. The first-order valence-electron chi connectivity index (χ1n) is 5.22. The van der Waals surface area contributed by atoms with E-state index >= 15 is 0 Å². The van der Waals surface area contributed by atoms with Gasteiger partial charge in [0.2, 0.25) is 0 Å². The zero-order chi connectivity index (χ0) is 12.1. The van der Waals surface area contributed by atoms with Crippen molar-refractivity contribution >= 4 is 17.4 Å². The number of aliphatic hydroxyl groups excluding tert-OH is 1. The molecule has 0 heterocycles. The Labute approximate surface area is 100 Å². The summed E-state index contributed by atoms with van der Waals surface area (Å²) in [6.45, 7) is 3.58. The molecule has 0 aromatic heterocycles. The van der Waals surface area contributed by atoms with Crippen LogP contribution in [0.5, 0.6) is 0 Å². The number of carbonyl (C=O) groups is 1. The second-order valence-electron chi connectivity index (χ2n) is 3.82. The van der Waals surface area contributed by atoms with E-state index in [0.717, 1.165) is 0 Å². The molecule has 16 heavy (non-hydrogen) atoms. The molecule has 2 unspecified atom stereocenters. The Kier molecular flexibility index (Phi) is 4.93. The van der Waals surface area contributed by atoms with Gasteiger partial charge in [0.15, 0.2) is 5.78 Å². The molecular formula is C12H16ClNO2. The van der Waals surface area contributed by atoms with Crippen molar-refractivity contribution in [3.63, 3.8) is 0 Å². The van der Waals surface area contributed by atoms with Crippen molar-refractivity contribution < 1.29 is 9.90 Å². The van der Waals surface area contributed by atoms with Crippen molar-refractivity contribution in [1.82, 2.24) is 5.32 Å². The number of carbonyl (C=O) groups excluding carboxylic acids is 1. The minimum absolute atomic E-state index is 0.000141. The van der Waals surface area contributed by atoms with Gasteiger partial charge in [-0.2, -0.15) is 0 Å². The molecule has 0 radical (unpaired) electrons. The van der Waals surface area contributed by atoms with Crippen LogP contribution in [0.25, 0.3) is 0 Å². The summed E-state index contributed by atoms with van der Waals surface area (Å²) in [6, 6.07) is 6.49. The number of aliphatic hydroxyl groups is 1. The maximum atomic E-state index is 12.0. The van der Waals surface area contributed by atoms with Crippen LogP contribution >= 0.6 is 11.6 Å². The fourth-order valence-electron chi connectivity index (χ4n) is 1.45. The van der Waals surface area contributed by atoms with Gasteiger partial charge in [0, 0.05) is 11.6 Å². The summed E-state index contributed by atoms with van der Waals surface area (Å²) >= 11 is 5.94. The lowest BCUT2D eigenvalue weighted by atomic mass is 10.0. The lowest BCUT2D eigenvalue weighted by molar-refractivity contribution is 0.0939. The van der Waals surface area contributed by atoms with E-state index in [9.17, 15) is 4.79 Å². The number of benzene rings is 1. The molecule has 3 nitrogen and oxygen atoms in total. The smallest absolute Gasteiger partial charge is 0.180 e. The molecule has 1 rings (SSSR count). The van der Waals surface area contributed by atoms with Crippen LogP contribution in [0.3, 0.4) is 0 Å². The molecule has 2 N–H and O–H groups in total. The topological polar surface area (TPSA) is 49.3 Å². The maximum absolute atomic E-state index is 12.0. The van der Waals surface area contributed by atoms with E-state index in [2.05, 4.69) is 5.32 Å². The molecule has 0 aliphatic heterocycles. The summed E-state index contributed by atoms with van der Waals surface area (Å²) < 4.78 is 0. The molecule has 88 valence electrons. The van der Waals surface area contributed by atoms with Crippen molar-refractivity contribution in [2.75, 3.05) is 6.61 Å². The van der Waals surface area contributed by atoms with E-state index in [1.165, 1.54) is 0 Å². The average molecular weight is 242 g/mol. The van der Waals surface area contributed by atoms with E-state index < -0.39 is 0 Å². The van der Waals surface area contributed by atoms with E-state index in [1.54, 1.807) is 31.2 Å². The molecule has 0 aliphatic carbocycles. The maximum Gasteiger partial charge on any atom is 0.180 e. The second-order valence-corrected chi connectivity index (χ2v) is 4.22. The van der Waals surface area contributed by atoms with Gasteiger partial charge in [-0.25, -0.2) is 0 Å². The third-order valence-electron chi connectivity index (χ3n) is 2.34. The standard InChI is InChI=1S/C12H16ClNO2/c1-8(7-15)14-9(2)12(16)10-5-3-4-6-11(10)13/h3-6,8-9,14-15H,7H2,1-2H3. The fourth-order valence-corrected chi connectivity index (χ4v) is 1.68. The molecule has 0 saturated heterocycles. The number of rotatable bonds is 5. The molecule has 2 atom stereocenters. The largest absolute Gasteiger partial charge is 0.395 e. The summed E-state index contributed by atoms with van der Waals surface area (Å²) in [7, 11) is 0. The first kappa shape index (κ1) is 13.2. The molecule has 0 saturated carbocycles. The predicted octanol–water partition coefficient (Wildman–Crippen LogP) is 1.88. The van der Waals surface area contributed by atoms with Gasteiger partial charge in [-0.15, -0.1) is 0 Å². The third kappa shape index (κ3) is 3.30. The SMILES string of the molecule is CC(CO)NC(C)C(=O)c1ccccc1Cl. The first-order chi connectivity index (χ1) is 7.56. The number of halogens is 1. The zero-order valence-corrected chi connectivity index (χ0v) is 10.2. The highest BCUT2D eigenvalue weighted by Gasteiger charge is 2.18. The van der Waals surface area contributed by atoms with Gasteiger partial charge in [-0.1, -0.05) is 23.7 Å². The molecule has 0 bridgehead atoms. The van der Waals surface area contributed by atoms with Crippen LogP contribution in [0, 0.1) is 0 Å². The van der Waals surface area contributed by atoms with Gasteiger partial charge >= 0.3 is 0 Å². The Morgan fingerprint density at radius 2 is 2.06 bits per heavy atom. The Hall–Kier alpha value is -0.900. The van der Waals surface area contributed by atoms with E-state index in [0.29, 0.717) is 10.6 Å². The van der Waals surface area contributed by atoms with Crippen LogP contribution in [0.15, 0.2) is 24.3 Å². The minimum atomic E-state index is -0.359. The first-order valence-corrected chi connectivity index (χ1v) is 5.59. The van der Waals surface area contributed by atoms with Crippen molar-refractivity contribution in [3.8, 4) is 0 Å². The van der Waals surface area contributed by atoms with Crippen LogP contribution in [0.4, 0.5) is 0 Å². The van der Waals surface area contributed by atoms with Crippen molar-refractivity contribution in [1.29, 1.82) is 0 Å². The Morgan fingerprint density at radius 1 is 1.44 bits per heavy atom. The number of ketones is 1. The summed E-state index contributed by atoms with van der Waals surface area (Å²) in [6.07, 6.45) is 0. The van der Waals surface area contributed by atoms with Crippen molar-refractivity contribution in [2.45, 2.75) is 25.9 Å². The molecule has 4 heteroatoms. The zero-order valence-electron chi connectivity index (χ0n) is 9.40. The number of hydrogen-bond donors (Lipinski definition) is 2. The molecule has 0 spiro atoms. The van der Waals surface area contributed by atoms with Gasteiger partial charge in [-0.05, 0) is 26.0 Å². The van der Waals surface area contributed by atoms with Gasteiger partial charge in [0.1, 0.15) is 0 Å². The van der Waals surface area contributed by atoms with E-state index in [-0.39, 0.29) is 24.5 Å². The number of Topliss-reactive ketones (excluding diaryl/α,β-unsaturated/α-hetero) is 1. The molecule has 1 aromatic carbocycles. The highest BCUT2D eigenvalue weighted by Crippen LogP contribution is 2.16. The van der Waals surface area contributed by atoms with Crippen LogP contribution < -0.4 is 5.32 Å². The van der Waals surface area contributed by atoms with Crippen LogP contribution in [0.2, 0.25) is 5.02 Å². The van der Waals surface area contributed by atoms with E-state index in [1.807, 2.05) is 6.92 Å². The van der Waals surface area contributed by atoms with Gasteiger partial charge in [0.25, 0.3) is 0 Å². The highest BCUT2D eigenvalue weighted by molar-refractivity contribution is 6.34. The Bertz CT molecular complexity index is 368. The quantitative estimate of drug-likeness (QED) is 0.774. The van der Waals surface area contributed by atoms with Crippen LogP contribution in [-0.2, 0) is 0 Å². The molecule has 0 amide bonds. The summed E-state index contributed by atoms with van der Waals surface area (Å²) in [5.74, 6) is -0.0640. The Morgan fingerprint density at radius 3 is 2.62 bits per heavy atom. The molecule has 0 fully saturated rings. The molecule has 1 aromatic rings. The molecular weight excluding hydrogens is 226 g/mol. The highest BCUT2D eigenvalue weighted by atomic mass is 35.5. The lowest BCUT2D eigenvalue weighted by Gasteiger charge is -2.17. The Balaban J connectivity index is 2.75. The third-order valence-corrected chi connectivity index (χ3v) is 2.67. The van der Waals surface area contributed by atoms with Gasteiger partial charge in [0.05, 0.1) is 17.7 Å². The summed E-state index contributed by atoms with van der Waals surface area (Å²) in [5, 5.41) is 12.3. The fraction of sp³-hybridized carbons (Fsp3) is 0.417. The second kappa shape index (κ2) is 5.99. The van der Waals surface area contributed by atoms with Gasteiger partial charge < -0.3 is 10.4 Å². The average Bonchev–Trinajstić information content (AvgIpc) is 2.28.